The van der Waals surface area contributed by atoms with Crippen molar-refractivity contribution in [3.63, 3.8) is 0 Å². The van der Waals surface area contributed by atoms with E-state index in [-0.39, 0.29) is 58.9 Å². The SMILES string of the molecule is CCCCc1ccc([Si](C2=C(C(C)C)[C-]=CC2)(c2ccc(CCCC)cc2)c2ccc(CCCC)cc2)cc1.[Cl-].[Cl-].[Cl-].[Ti+4]. The monoisotopic (exact) mass is 686 g/mol. The number of aryl methyl sites for hydroxylation is 3. The van der Waals surface area contributed by atoms with E-state index in [1.54, 1.807) is 5.20 Å². The molecule has 0 radical (unpaired) electrons. The second kappa shape index (κ2) is 20.9. The molecule has 0 aliphatic heterocycles. The van der Waals surface area contributed by atoms with E-state index in [1.165, 1.54) is 95.6 Å². The predicted octanol–water partition coefficient (Wildman–Crippen LogP) is -0.551. The van der Waals surface area contributed by atoms with E-state index < -0.39 is 8.07 Å². The first-order chi connectivity index (χ1) is 19.0. The van der Waals surface area contributed by atoms with E-state index in [1.807, 2.05) is 0 Å². The number of hydrogen-bond acceptors (Lipinski definition) is 0. The van der Waals surface area contributed by atoms with E-state index in [0.29, 0.717) is 5.92 Å². The molecular weight excluding hydrogens is 639 g/mol. The summed E-state index contributed by atoms with van der Waals surface area (Å²) in [6.07, 6.45) is 18.0. The molecule has 5 heteroatoms. The van der Waals surface area contributed by atoms with E-state index in [2.05, 4.69) is 120 Å². The summed E-state index contributed by atoms with van der Waals surface area (Å²) in [5.41, 5.74) is 5.81. The van der Waals surface area contributed by atoms with Crippen LogP contribution in [-0.4, -0.2) is 8.07 Å². The van der Waals surface area contributed by atoms with Crippen molar-refractivity contribution in [1.29, 1.82) is 0 Å². The Bertz CT molecular complexity index is 1120. The van der Waals surface area contributed by atoms with Crippen LogP contribution in [0.2, 0.25) is 0 Å². The predicted molar refractivity (Wildman–Crippen MR) is 174 cm³/mol. The number of hydrogen-bond donors (Lipinski definition) is 0. The second-order valence-electron chi connectivity index (χ2n) is 11.8. The van der Waals surface area contributed by atoms with Crippen LogP contribution in [0.5, 0.6) is 0 Å². The molecule has 230 valence electrons. The fraction of sp³-hybridized carbons (Fsp3) is 0.421. The van der Waals surface area contributed by atoms with Gasteiger partial charge in [0.05, 0.1) is 8.07 Å². The largest absolute Gasteiger partial charge is 4.00 e. The third-order valence-electron chi connectivity index (χ3n) is 8.54. The molecule has 0 nitrogen and oxygen atoms in total. The minimum Gasteiger partial charge on any atom is -1.00 e. The number of unbranched alkanes of at least 4 members (excludes halogenated alkanes) is 3. The van der Waals surface area contributed by atoms with E-state index in [4.69, 9.17) is 0 Å². The van der Waals surface area contributed by atoms with Crippen molar-refractivity contribution < 1.29 is 58.9 Å². The van der Waals surface area contributed by atoms with Crippen LogP contribution >= 0.6 is 0 Å². The minimum atomic E-state index is -2.49. The Morgan fingerprint density at radius 2 is 0.907 bits per heavy atom. The maximum absolute atomic E-state index is 3.73. The van der Waals surface area contributed by atoms with Gasteiger partial charge >= 0.3 is 21.7 Å². The number of allylic oxidation sites excluding steroid dienone is 4. The zero-order valence-electron chi connectivity index (χ0n) is 26.8. The van der Waals surface area contributed by atoms with Gasteiger partial charge in [0.15, 0.2) is 0 Å². The molecule has 4 rings (SSSR count). The Kier molecular flexibility index (Phi) is 20.4. The van der Waals surface area contributed by atoms with Crippen LogP contribution in [0.25, 0.3) is 0 Å². The van der Waals surface area contributed by atoms with E-state index >= 15 is 0 Å². The summed E-state index contributed by atoms with van der Waals surface area (Å²) in [5, 5.41) is 6.16. The van der Waals surface area contributed by atoms with E-state index in [0.717, 1.165) is 6.42 Å². The molecule has 0 heterocycles. The molecule has 3 aromatic rings. The molecule has 0 aromatic heterocycles. The van der Waals surface area contributed by atoms with Crippen molar-refractivity contribution in [3.05, 3.63) is 112 Å². The summed E-state index contributed by atoms with van der Waals surface area (Å²) >= 11 is 0. The molecule has 0 N–H and O–H groups in total. The van der Waals surface area contributed by atoms with Crippen molar-refractivity contribution >= 4 is 23.6 Å². The molecular formula is C38H49Cl3SiTi. The molecule has 0 amide bonds. The van der Waals surface area contributed by atoms with Crippen LogP contribution in [-0.2, 0) is 41.0 Å². The molecule has 1 aliphatic carbocycles. The van der Waals surface area contributed by atoms with Crippen LogP contribution in [0.4, 0.5) is 0 Å². The molecule has 0 saturated heterocycles. The molecule has 1 aliphatic rings. The third kappa shape index (κ3) is 9.96. The first kappa shape index (κ1) is 41.9. The van der Waals surface area contributed by atoms with Gasteiger partial charge in [-0.1, -0.05) is 155 Å². The normalized spacial score (nSPS) is 12.3. The summed E-state index contributed by atoms with van der Waals surface area (Å²) < 4.78 is 0. The minimum absolute atomic E-state index is 0. The first-order valence-electron chi connectivity index (χ1n) is 15.6. The van der Waals surface area contributed by atoms with Gasteiger partial charge in [-0.05, 0) is 55.2 Å². The van der Waals surface area contributed by atoms with Gasteiger partial charge in [-0.2, -0.15) is 6.08 Å². The zero-order valence-corrected chi connectivity index (χ0v) is 31.6. The molecule has 0 fully saturated rings. The Labute approximate surface area is 297 Å². The van der Waals surface area contributed by atoms with Crippen molar-refractivity contribution in [2.24, 2.45) is 5.92 Å². The Morgan fingerprint density at radius 3 is 1.19 bits per heavy atom. The molecule has 0 bridgehead atoms. The molecule has 0 atom stereocenters. The average molecular weight is 688 g/mol. The van der Waals surface area contributed by atoms with Crippen molar-refractivity contribution in [1.82, 2.24) is 0 Å². The first-order valence-corrected chi connectivity index (χ1v) is 17.6. The Hall–Kier alpha value is -1.06. The summed E-state index contributed by atoms with van der Waals surface area (Å²) in [4.78, 5) is 0. The Morgan fingerprint density at radius 1 is 0.581 bits per heavy atom. The van der Waals surface area contributed by atoms with Gasteiger partial charge in [0.25, 0.3) is 0 Å². The maximum atomic E-state index is 3.73. The quantitative estimate of drug-likeness (QED) is 0.121. The molecule has 0 saturated carbocycles. The molecule has 43 heavy (non-hydrogen) atoms. The van der Waals surface area contributed by atoms with Gasteiger partial charge in [0, 0.05) is 0 Å². The molecule has 3 aromatic carbocycles. The van der Waals surface area contributed by atoms with Crippen LogP contribution < -0.4 is 52.8 Å². The van der Waals surface area contributed by atoms with Gasteiger partial charge in [-0.15, -0.1) is 0 Å². The summed E-state index contributed by atoms with van der Waals surface area (Å²) in [5.74, 6) is 0.460. The van der Waals surface area contributed by atoms with Gasteiger partial charge in [0.1, 0.15) is 0 Å². The van der Waals surface area contributed by atoms with Crippen LogP contribution in [0, 0.1) is 12.0 Å². The fourth-order valence-electron chi connectivity index (χ4n) is 6.26. The van der Waals surface area contributed by atoms with Crippen molar-refractivity contribution in [2.45, 2.75) is 98.8 Å². The van der Waals surface area contributed by atoms with Crippen molar-refractivity contribution in [3.8, 4) is 0 Å². The Balaban J connectivity index is 0.00000441. The van der Waals surface area contributed by atoms with Gasteiger partial charge in [0.2, 0.25) is 0 Å². The van der Waals surface area contributed by atoms with E-state index in [9.17, 15) is 0 Å². The third-order valence-corrected chi connectivity index (χ3v) is 13.5. The van der Waals surface area contributed by atoms with Gasteiger partial charge < -0.3 is 37.2 Å². The molecule has 0 spiro atoms. The number of halogens is 3. The van der Waals surface area contributed by atoms with Crippen molar-refractivity contribution in [2.75, 3.05) is 0 Å². The van der Waals surface area contributed by atoms with Crippen LogP contribution in [0.15, 0.2) is 89.6 Å². The van der Waals surface area contributed by atoms with Gasteiger partial charge in [-0.3, -0.25) is 6.08 Å². The molecule has 0 unspecified atom stereocenters. The summed E-state index contributed by atoms with van der Waals surface area (Å²) in [6, 6.07) is 29.4. The van der Waals surface area contributed by atoms with Crippen LogP contribution in [0.3, 0.4) is 0 Å². The fourth-order valence-corrected chi connectivity index (χ4v) is 11.5. The van der Waals surface area contributed by atoms with Crippen LogP contribution in [0.1, 0.15) is 96.3 Å². The zero-order chi connectivity index (χ0) is 27.7. The average Bonchev–Trinajstić information content (AvgIpc) is 3.47. The standard InChI is InChI=1S/C38H49Si.3ClH.Ti/c1-6-9-13-31-18-24-34(25-19-31)39(38-17-12-16-37(38)30(4)5,35-26-20-32(21-27-35)14-10-7-2)36-28-22-33(23-29-36)15-11-8-3;;;;/h12,18-30H,6-11,13-15,17H2,1-5H3;3*1H;/q-1;;;;+4/p-3. The number of rotatable bonds is 14. The second-order valence-corrected chi connectivity index (χ2v) is 15.6. The maximum Gasteiger partial charge on any atom is 4.00 e. The number of benzene rings is 3. The topological polar surface area (TPSA) is 0 Å². The summed E-state index contributed by atoms with van der Waals surface area (Å²) in [7, 11) is -2.49. The van der Waals surface area contributed by atoms with Gasteiger partial charge in [-0.25, -0.2) is 10.8 Å². The smallest absolute Gasteiger partial charge is 1.00 e. The summed E-state index contributed by atoms with van der Waals surface area (Å²) in [6.45, 7) is 11.5.